The number of amides is 2. The number of anilines is 2. The van der Waals surface area contributed by atoms with Crippen LogP contribution in [0.3, 0.4) is 0 Å². The molecule has 2 aliphatic rings. The minimum Gasteiger partial charge on any atom is -0.460 e. The van der Waals surface area contributed by atoms with Gasteiger partial charge in [-0.2, -0.15) is 19.6 Å². The van der Waals surface area contributed by atoms with Crippen molar-refractivity contribution in [2.75, 3.05) is 64.5 Å². The van der Waals surface area contributed by atoms with Gasteiger partial charge in [-0.15, -0.1) is 0 Å². The van der Waals surface area contributed by atoms with Crippen LogP contribution in [0.4, 0.5) is 16.0 Å². The number of fused-ring (bicyclic) bond motifs is 1. The highest BCUT2D eigenvalue weighted by Gasteiger charge is 2.28. The Morgan fingerprint density at radius 3 is 2.67 bits per heavy atom. The summed E-state index contributed by atoms with van der Waals surface area (Å²) in [6, 6.07) is 4.92. The maximum Gasteiger partial charge on any atom is 0.322 e. The monoisotopic (exact) mass is 635 g/mol. The molecule has 2 aromatic heterocycles. The Morgan fingerprint density at radius 1 is 1.15 bits per heavy atom. The molecular formula is C33H46FN9O3. The Balaban J connectivity index is 1.26. The summed E-state index contributed by atoms with van der Waals surface area (Å²) in [5, 5.41) is 10.6. The van der Waals surface area contributed by atoms with Crippen LogP contribution in [0.5, 0.6) is 6.01 Å². The third kappa shape index (κ3) is 8.38. The number of rotatable bonds is 11. The van der Waals surface area contributed by atoms with E-state index in [1.165, 1.54) is 6.07 Å². The van der Waals surface area contributed by atoms with Crippen molar-refractivity contribution in [3.05, 3.63) is 53.5 Å². The van der Waals surface area contributed by atoms with Crippen LogP contribution in [0.2, 0.25) is 0 Å². The Morgan fingerprint density at radius 2 is 1.93 bits per heavy atom. The fraction of sp³-hybridized carbons (Fsp3) is 0.545. The second-order valence-corrected chi connectivity index (χ2v) is 12.9. The summed E-state index contributed by atoms with van der Waals surface area (Å²) in [6.07, 6.45) is 8.34. The fourth-order valence-corrected chi connectivity index (χ4v) is 5.76. The summed E-state index contributed by atoms with van der Waals surface area (Å²) in [5.74, 6) is -0.706. The van der Waals surface area contributed by atoms with E-state index in [1.54, 1.807) is 33.8 Å². The number of aromatic nitrogens is 4. The number of carbonyl (C=O) groups excluding carboxylic acids is 2. The summed E-state index contributed by atoms with van der Waals surface area (Å²) in [7, 11) is 5.96. The van der Waals surface area contributed by atoms with Gasteiger partial charge in [0.2, 0.25) is 17.8 Å². The second kappa shape index (κ2) is 15.0. The molecule has 12 nitrogen and oxygen atoms in total. The van der Waals surface area contributed by atoms with Crippen LogP contribution in [0, 0.1) is 11.7 Å². The van der Waals surface area contributed by atoms with Gasteiger partial charge in [-0.1, -0.05) is 26.0 Å². The van der Waals surface area contributed by atoms with E-state index in [1.807, 2.05) is 25.1 Å². The topological polar surface area (TPSA) is 120 Å². The van der Waals surface area contributed by atoms with Crippen molar-refractivity contribution in [3.63, 3.8) is 0 Å². The van der Waals surface area contributed by atoms with Crippen molar-refractivity contribution < 1.29 is 18.7 Å². The van der Waals surface area contributed by atoms with Crippen LogP contribution >= 0.6 is 0 Å². The molecule has 1 atom stereocenters. The number of likely N-dealkylation sites (N-methyl/N-ethyl adjacent to an activating group) is 1. The quantitative estimate of drug-likeness (QED) is 0.304. The number of hydrogen-bond donors (Lipinski definition) is 2. The lowest BCUT2D eigenvalue weighted by atomic mass is 9.96. The Kier molecular flexibility index (Phi) is 10.8. The first kappa shape index (κ1) is 33.3. The van der Waals surface area contributed by atoms with E-state index < -0.39 is 11.7 Å². The SMILES string of the molecule is CC(C)c1cnn2c(NCc3ccc(F)c(NC(=O)C4CCCN(C(=O)/C=C/CN(C)C)C4)c3)nc(OC3CCN(C)CC3)nc12. The zero-order valence-corrected chi connectivity index (χ0v) is 27.5. The molecule has 1 aromatic carbocycles. The van der Waals surface area contributed by atoms with Crippen molar-refractivity contribution in [1.29, 1.82) is 0 Å². The van der Waals surface area contributed by atoms with Gasteiger partial charge >= 0.3 is 6.01 Å². The second-order valence-electron chi connectivity index (χ2n) is 12.9. The van der Waals surface area contributed by atoms with E-state index in [-0.39, 0.29) is 29.5 Å². The predicted octanol–water partition coefficient (Wildman–Crippen LogP) is 3.77. The average Bonchev–Trinajstić information content (AvgIpc) is 3.47. The maximum absolute atomic E-state index is 14.9. The molecule has 2 saturated heterocycles. The molecule has 1 unspecified atom stereocenters. The van der Waals surface area contributed by atoms with Crippen molar-refractivity contribution in [2.24, 2.45) is 5.92 Å². The van der Waals surface area contributed by atoms with E-state index >= 15 is 0 Å². The number of carbonyl (C=O) groups is 2. The minimum atomic E-state index is -0.528. The molecule has 0 radical (unpaired) electrons. The zero-order valence-electron chi connectivity index (χ0n) is 27.5. The number of nitrogens with one attached hydrogen (secondary N) is 2. The number of benzene rings is 1. The molecule has 2 fully saturated rings. The standard InChI is InChI=1S/C33H46FN9O3/c1-22(2)26-20-36-43-30(26)38-33(46-25-12-16-41(5)17-13-25)39-32(43)35-19-23-10-11-27(34)28(18-23)37-31(45)24-8-6-15-42(21-24)29(44)9-7-14-40(3)4/h7,9-11,18,20,22,24-25H,6,8,12-17,19,21H2,1-5H3,(H,37,45)(H,35,38,39)/b9-7+. The minimum absolute atomic E-state index is 0.0362. The lowest BCUT2D eigenvalue weighted by molar-refractivity contribution is -0.130. The normalized spacial score (nSPS) is 18.2. The van der Waals surface area contributed by atoms with Crippen LogP contribution in [0.25, 0.3) is 5.65 Å². The average molecular weight is 636 g/mol. The van der Waals surface area contributed by atoms with E-state index in [9.17, 15) is 14.0 Å². The first-order chi connectivity index (χ1) is 22.1. The van der Waals surface area contributed by atoms with Gasteiger partial charge in [0.25, 0.3) is 0 Å². The van der Waals surface area contributed by atoms with Gasteiger partial charge in [0.05, 0.1) is 17.8 Å². The first-order valence-electron chi connectivity index (χ1n) is 16.1. The summed E-state index contributed by atoms with van der Waals surface area (Å²) in [4.78, 5) is 41.1. The van der Waals surface area contributed by atoms with Crippen molar-refractivity contribution >= 4 is 29.1 Å². The first-order valence-corrected chi connectivity index (χ1v) is 16.1. The van der Waals surface area contributed by atoms with Crippen LogP contribution in [-0.4, -0.2) is 106 Å². The molecule has 46 heavy (non-hydrogen) atoms. The van der Waals surface area contributed by atoms with E-state index in [4.69, 9.17) is 9.72 Å². The van der Waals surface area contributed by atoms with Crippen molar-refractivity contribution in [1.82, 2.24) is 34.3 Å². The third-order valence-corrected chi connectivity index (χ3v) is 8.51. The van der Waals surface area contributed by atoms with Gasteiger partial charge < -0.3 is 30.1 Å². The predicted molar refractivity (Wildman–Crippen MR) is 175 cm³/mol. The third-order valence-electron chi connectivity index (χ3n) is 8.51. The molecular weight excluding hydrogens is 589 g/mol. The van der Waals surface area contributed by atoms with Crippen LogP contribution in [0.1, 0.15) is 56.6 Å². The van der Waals surface area contributed by atoms with Gasteiger partial charge in [-0.3, -0.25) is 9.59 Å². The molecule has 0 bridgehead atoms. The van der Waals surface area contributed by atoms with Crippen molar-refractivity contribution in [3.8, 4) is 6.01 Å². The van der Waals surface area contributed by atoms with Gasteiger partial charge in [-0.25, -0.2) is 4.39 Å². The van der Waals surface area contributed by atoms with Gasteiger partial charge in [-0.05, 0) is 70.4 Å². The highest BCUT2D eigenvalue weighted by atomic mass is 19.1. The van der Waals surface area contributed by atoms with E-state index in [0.717, 1.165) is 37.1 Å². The molecule has 2 aliphatic heterocycles. The Bertz CT molecular complexity index is 1550. The molecule has 3 aromatic rings. The number of hydrogen-bond acceptors (Lipinski definition) is 9. The molecule has 13 heteroatoms. The number of ether oxygens (including phenoxy) is 1. The summed E-state index contributed by atoms with van der Waals surface area (Å²) in [6.45, 7) is 7.94. The molecule has 4 heterocycles. The molecule has 248 valence electrons. The Labute approximate surface area is 270 Å². The maximum atomic E-state index is 14.9. The molecule has 2 N–H and O–H groups in total. The number of nitrogens with zero attached hydrogens (tertiary/aromatic N) is 7. The molecule has 0 saturated carbocycles. The van der Waals surface area contributed by atoms with Crippen LogP contribution in [0.15, 0.2) is 36.5 Å². The molecule has 5 rings (SSSR count). The van der Waals surface area contributed by atoms with E-state index in [0.29, 0.717) is 56.6 Å². The van der Waals surface area contributed by atoms with Gasteiger partial charge in [0.15, 0.2) is 5.65 Å². The lowest BCUT2D eigenvalue weighted by Crippen LogP contribution is -2.43. The number of likely N-dealkylation sites (tertiary alicyclic amines) is 2. The number of piperidine rings is 2. The molecule has 0 spiro atoms. The number of halogens is 1. The smallest absolute Gasteiger partial charge is 0.322 e. The largest absolute Gasteiger partial charge is 0.460 e. The zero-order chi connectivity index (χ0) is 32.8. The summed E-state index contributed by atoms with van der Waals surface area (Å²) >= 11 is 0. The highest BCUT2D eigenvalue weighted by Crippen LogP contribution is 2.26. The molecule has 0 aliphatic carbocycles. The highest BCUT2D eigenvalue weighted by molar-refractivity contribution is 5.94. The van der Waals surface area contributed by atoms with E-state index in [2.05, 4.69) is 46.5 Å². The summed E-state index contributed by atoms with van der Waals surface area (Å²) < 4.78 is 22.8. The summed E-state index contributed by atoms with van der Waals surface area (Å²) in [5.41, 5.74) is 2.50. The fourth-order valence-electron chi connectivity index (χ4n) is 5.76. The van der Waals surface area contributed by atoms with Gasteiger partial charge in [0, 0.05) is 50.9 Å². The van der Waals surface area contributed by atoms with Crippen molar-refractivity contribution in [2.45, 2.75) is 58.1 Å². The van der Waals surface area contributed by atoms with Gasteiger partial charge in [0.1, 0.15) is 11.9 Å². The Hall–Kier alpha value is -4.10. The van der Waals surface area contributed by atoms with Crippen LogP contribution in [-0.2, 0) is 16.1 Å². The lowest BCUT2D eigenvalue weighted by Gasteiger charge is -2.31. The van der Waals surface area contributed by atoms with Crippen LogP contribution < -0.4 is 15.4 Å². The molecule has 2 amide bonds.